The first-order valence-corrected chi connectivity index (χ1v) is 10.5. The molecule has 0 aliphatic carbocycles. The van der Waals surface area contributed by atoms with E-state index in [-0.39, 0.29) is 17.0 Å². The maximum absolute atomic E-state index is 13.8. The summed E-state index contributed by atoms with van der Waals surface area (Å²) >= 11 is 0. The van der Waals surface area contributed by atoms with Crippen LogP contribution >= 0.6 is 0 Å². The fourth-order valence-corrected chi connectivity index (χ4v) is 3.32. The van der Waals surface area contributed by atoms with Crippen LogP contribution in [0.4, 0.5) is 40.8 Å². The molecule has 0 aromatic heterocycles. The quantitative estimate of drug-likeness (QED) is 0.314. The zero-order valence-electron chi connectivity index (χ0n) is 18.7. The minimum absolute atomic E-state index is 0.112. The van der Waals surface area contributed by atoms with E-state index >= 15 is 0 Å². The van der Waals surface area contributed by atoms with Crippen molar-refractivity contribution in [2.45, 2.75) is 37.3 Å². The van der Waals surface area contributed by atoms with Gasteiger partial charge >= 0.3 is 18.3 Å². The molecule has 0 spiro atoms. The predicted molar refractivity (Wildman–Crippen MR) is 117 cm³/mol. The number of ether oxygens (including phenoxy) is 1. The molecule has 0 aliphatic rings. The molecular weight excluding hydrogens is 498 g/mol. The highest BCUT2D eigenvalue weighted by Gasteiger charge is 2.58. The van der Waals surface area contributed by atoms with E-state index < -0.39 is 42.5 Å². The van der Waals surface area contributed by atoms with E-state index in [0.29, 0.717) is 24.8 Å². The van der Waals surface area contributed by atoms with E-state index in [1.165, 1.54) is 30.3 Å². The molecule has 36 heavy (non-hydrogen) atoms. The Hall–Kier alpha value is -3.34. The summed E-state index contributed by atoms with van der Waals surface area (Å²) in [6, 6.07) is 17.5. The third kappa shape index (κ3) is 6.26. The standard InChI is InChI=1S/C25H21F8NO2/c1-22(35,24(28,29)30)16-34(15-17-7-5-8-18(13-17)23(26,27)25(31,32)33)19-9-6-12-21(14-19)36-20-10-3-2-4-11-20/h2-14,35H,15-16H2,1H3. The van der Waals surface area contributed by atoms with E-state index in [0.717, 1.165) is 11.0 Å². The van der Waals surface area contributed by atoms with Gasteiger partial charge in [-0.3, -0.25) is 0 Å². The summed E-state index contributed by atoms with van der Waals surface area (Å²) in [5, 5.41) is 10.1. The SMILES string of the molecule is CC(O)(CN(Cc1cccc(C(F)(F)C(F)(F)F)c1)c1cccc(Oc2ccccc2)c1)C(F)(F)F. The minimum Gasteiger partial charge on any atom is -0.457 e. The van der Waals surface area contributed by atoms with Crippen LogP contribution in [-0.4, -0.2) is 29.6 Å². The lowest BCUT2D eigenvalue weighted by molar-refractivity contribution is -0.289. The van der Waals surface area contributed by atoms with E-state index in [4.69, 9.17) is 4.74 Å². The van der Waals surface area contributed by atoms with Crippen LogP contribution in [-0.2, 0) is 12.5 Å². The van der Waals surface area contributed by atoms with Gasteiger partial charge in [0.15, 0.2) is 5.60 Å². The molecule has 1 N–H and O–H groups in total. The molecule has 1 unspecified atom stereocenters. The van der Waals surface area contributed by atoms with E-state index in [1.807, 2.05) is 0 Å². The minimum atomic E-state index is -5.85. The summed E-state index contributed by atoms with van der Waals surface area (Å²) in [6.45, 7) is -1.01. The van der Waals surface area contributed by atoms with Crippen LogP contribution in [0.25, 0.3) is 0 Å². The van der Waals surface area contributed by atoms with E-state index in [1.54, 1.807) is 30.3 Å². The molecule has 3 aromatic rings. The lowest BCUT2D eigenvalue weighted by Crippen LogP contribution is -2.51. The van der Waals surface area contributed by atoms with Crippen molar-refractivity contribution >= 4 is 5.69 Å². The van der Waals surface area contributed by atoms with Crippen molar-refractivity contribution in [1.82, 2.24) is 0 Å². The van der Waals surface area contributed by atoms with E-state index in [2.05, 4.69) is 0 Å². The Bertz CT molecular complexity index is 1160. The Morgan fingerprint density at radius 3 is 1.94 bits per heavy atom. The third-order valence-electron chi connectivity index (χ3n) is 5.29. The van der Waals surface area contributed by atoms with Crippen molar-refractivity contribution in [2.24, 2.45) is 0 Å². The highest BCUT2D eigenvalue weighted by Crippen LogP contribution is 2.44. The highest BCUT2D eigenvalue weighted by molar-refractivity contribution is 5.52. The van der Waals surface area contributed by atoms with E-state index in [9.17, 15) is 40.2 Å². The number of aliphatic hydroxyl groups is 1. The largest absolute Gasteiger partial charge is 0.458 e. The summed E-state index contributed by atoms with van der Waals surface area (Å²) in [4.78, 5) is 1.02. The van der Waals surface area contributed by atoms with Crippen molar-refractivity contribution in [3.63, 3.8) is 0 Å². The molecule has 0 heterocycles. The molecule has 0 bridgehead atoms. The molecule has 0 amide bonds. The summed E-state index contributed by atoms with van der Waals surface area (Å²) in [6.07, 6.45) is -10.9. The zero-order valence-corrected chi connectivity index (χ0v) is 18.7. The van der Waals surface area contributed by atoms with Gasteiger partial charge in [0, 0.05) is 23.9 Å². The van der Waals surface area contributed by atoms with Gasteiger partial charge in [0.05, 0.1) is 6.54 Å². The van der Waals surface area contributed by atoms with Crippen molar-refractivity contribution in [1.29, 1.82) is 0 Å². The Kier molecular flexibility index (Phi) is 7.54. The second kappa shape index (κ2) is 9.96. The van der Waals surface area contributed by atoms with Gasteiger partial charge < -0.3 is 14.7 Å². The Morgan fingerprint density at radius 2 is 1.33 bits per heavy atom. The molecule has 0 radical (unpaired) electrons. The van der Waals surface area contributed by atoms with Crippen LogP contribution in [0.3, 0.4) is 0 Å². The van der Waals surface area contributed by atoms with Crippen molar-refractivity contribution in [3.05, 3.63) is 90.0 Å². The number of rotatable bonds is 8. The second-order valence-corrected chi connectivity index (χ2v) is 8.31. The number of hydrogen-bond acceptors (Lipinski definition) is 3. The number of benzene rings is 3. The van der Waals surface area contributed by atoms with Gasteiger partial charge in [-0.05, 0) is 42.8 Å². The van der Waals surface area contributed by atoms with Gasteiger partial charge in [-0.1, -0.05) is 42.5 Å². The van der Waals surface area contributed by atoms with Crippen molar-refractivity contribution in [3.8, 4) is 11.5 Å². The maximum Gasteiger partial charge on any atom is 0.458 e. The van der Waals surface area contributed by atoms with Gasteiger partial charge in [0.1, 0.15) is 11.5 Å². The van der Waals surface area contributed by atoms with Gasteiger partial charge in [-0.15, -0.1) is 0 Å². The van der Waals surface area contributed by atoms with Gasteiger partial charge in [0.2, 0.25) is 0 Å². The lowest BCUT2D eigenvalue weighted by Gasteiger charge is -2.34. The van der Waals surface area contributed by atoms with Crippen LogP contribution in [0.5, 0.6) is 11.5 Å². The zero-order chi connectivity index (χ0) is 26.8. The summed E-state index contributed by atoms with van der Waals surface area (Å²) in [7, 11) is 0. The molecule has 3 nitrogen and oxygen atoms in total. The first-order chi connectivity index (χ1) is 16.6. The van der Waals surface area contributed by atoms with Crippen LogP contribution in [0, 0.1) is 0 Å². The summed E-state index contributed by atoms with van der Waals surface area (Å²) < 4.78 is 112. The number of para-hydroxylation sites is 1. The number of halogens is 8. The maximum atomic E-state index is 13.8. The van der Waals surface area contributed by atoms with Crippen LogP contribution in [0.1, 0.15) is 18.1 Å². The fourth-order valence-electron chi connectivity index (χ4n) is 3.32. The Morgan fingerprint density at radius 1 is 0.722 bits per heavy atom. The number of alkyl halides is 8. The summed E-state index contributed by atoms with van der Waals surface area (Å²) in [5.41, 5.74) is -4.59. The number of anilines is 1. The fraction of sp³-hybridized carbons (Fsp3) is 0.280. The smallest absolute Gasteiger partial charge is 0.457 e. The molecule has 11 heteroatoms. The molecule has 0 saturated heterocycles. The molecule has 0 aliphatic heterocycles. The molecule has 0 fully saturated rings. The van der Waals surface area contributed by atoms with Gasteiger partial charge in [-0.2, -0.15) is 35.1 Å². The first kappa shape index (κ1) is 27.3. The third-order valence-corrected chi connectivity index (χ3v) is 5.29. The van der Waals surface area contributed by atoms with Crippen molar-refractivity contribution in [2.75, 3.05) is 11.4 Å². The molecule has 194 valence electrons. The molecule has 1 atom stereocenters. The lowest BCUT2D eigenvalue weighted by atomic mass is 10.0. The monoisotopic (exact) mass is 519 g/mol. The second-order valence-electron chi connectivity index (χ2n) is 8.31. The highest BCUT2D eigenvalue weighted by atomic mass is 19.4. The van der Waals surface area contributed by atoms with Crippen LogP contribution < -0.4 is 9.64 Å². The Labute approximate surface area is 201 Å². The number of hydrogen-bond donors (Lipinski definition) is 1. The predicted octanol–water partition coefficient (Wildman–Crippen LogP) is 7.45. The normalized spacial score (nSPS) is 14.3. The van der Waals surface area contributed by atoms with Gasteiger partial charge in [0.25, 0.3) is 0 Å². The molecule has 3 aromatic carbocycles. The van der Waals surface area contributed by atoms with Crippen LogP contribution in [0.2, 0.25) is 0 Å². The Balaban J connectivity index is 1.98. The first-order valence-electron chi connectivity index (χ1n) is 10.5. The van der Waals surface area contributed by atoms with Crippen molar-refractivity contribution < 1.29 is 45.0 Å². The summed E-state index contributed by atoms with van der Waals surface area (Å²) in [5.74, 6) is -4.49. The topological polar surface area (TPSA) is 32.7 Å². The molecular formula is C25H21F8NO2. The van der Waals surface area contributed by atoms with Gasteiger partial charge in [-0.25, -0.2) is 0 Å². The number of nitrogens with zero attached hydrogens (tertiary/aromatic N) is 1. The average Bonchev–Trinajstić information content (AvgIpc) is 2.78. The van der Waals surface area contributed by atoms with Crippen LogP contribution in [0.15, 0.2) is 78.9 Å². The molecule has 0 saturated carbocycles. The average molecular weight is 519 g/mol. The molecule has 3 rings (SSSR count).